The molecule has 4 aromatic carbocycles. The third-order valence-electron chi connectivity index (χ3n) is 6.62. The van der Waals surface area contributed by atoms with Crippen LogP contribution < -0.4 is 0 Å². The topological polar surface area (TPSA) is 103 Å². The first-order valence-corrected chi connectivity index (χ1v) is 13.8. The zero-order chi connectivity index (χ0) is 29.2. The van der Waals surface area contributed by atoms with Gasteiger partial charge in [-0.1, -0.05) is 126 Å². The molecule has 0 aliphatic carbocycles. The standard InChI is InChI=1S/C34H35N3O5/c35-37-36-31(26-39-22-27-13-5-1-6-14-27)33(41-24-29-17-9-3-10-18-29)34(42-25-30-19-11-4-12-20-30)32(21-38)40-23-28-15-7-2-8-16-28/h1-21,31-34H,22-26H2/t31-,32-,33+,34+/m0/s1. The van der Waals surface area contributed by atoms with Gasteiger partial charge in [0, 0.05) is 4.91 Å². The van der Waals surface area contributed by atoms with Crippen LogP contribution in [0.3, 0.4) is 0 Å². The maximum Gasteiger partial charge on any atom is 0.151 e. The molecule has 0 saturated heterocycles. The second-order valence-electron chi connectivity index (χ2n) is 9.69. The van der Waals surface area contributed by atoms with Crippen molar-refractivity contribution in [1.82, 2.24) is 0 Å². The van der Waals surface area contributed by atoms with Crippen LogP contribution in [0.5, 0.6) is 0 Å². The summed E-state index contributed by atoms with van der Waals surface area (Å²) in [7, 11) is 0. The Kier molecular flexibility index (Phi) is 12.8. The van der Waals surface area contributed by atoms with Crippen molar-refractivity contribution in [2.45, 2.75) is 50.8 Å². The van der Waals surface area contributed by atoms with Crippen LogP contribution in [-0.2, 0) is 50.2 Å². The molecule has 8 heteroatoms. The molecular formula is C34H35N3O5. The fraction of sp³-hybridized carbons (Fsp3) is 0.265. The number of azide groups is 1. The van der Waals surface area contributed by atoms with Crippen LogP contribution in [0.2, 0.25) is 0 Å². The van der Waals surface area contributed by atoms with E-state index in [1.807, 2.05) is 121 Å². The predicted octanol–water partition coefficient (Wildman–Crippen LogP) is 6.84. The fourth-order valence-electron chi connectivity index (χ4n) is 4.45. The molecule has 0 aromatic heterocycles. The van der Waals surface area contributed by atoms with Crippen molar-refractivity contribution in [1.29, 1.82) is 0 Å². The molecular weight excluding hydrogens is 530 g/mol. The van der Waals surface area contributed by atoms with Gasteiger partial charge in [-0.25, -0.2) is 0 Å². The van der Waals surface area contributed by atoms with Crippen LogP contribution in [0.1, 0.15) is 22.3 Å². The molecule has 42 heavy (non-hydrogen) atoms. The van der Waals surface area contributed by atoms with Crippen molar-refractivity contribution in [3.63, 3.8) is 0 Å². The number of carbonyl (C=O) groups is 1. The molecule has 0 aliphatic heterocycles. The number of hydrogen-bond donors (Lipinski definition) is 0. The van der Waals surface area contributed by atoms with E-state index in [0.717, 1.165) is 28.5 Å². The highest BCUT2D eigenvalue weighted by atomic mass is 16.6. The first-order chi connectivity index (χ1) is 20.8. The third kappa shape index (κ3) is 9.96. The van der Waals surface area contributed by atoms with Crippen molar-refractivity contribution in [3.8, 4) is 0 Å². The second kappa shape index (κ2) is 17.5. The fourth-order valence-corrected chi connectivity index (χ4v) is 4.45. The Hall–Kier alpha value is -4.30. The minimum absolute atomic E-state index is 0.0495. The minimum Gasteiger partial charge on any atom is -0.376 e. The molecule has 0 saturated carbocycles. The molecule has 0 unspecified atom stereocenters. The van der Waals surface area contributed by atoms with Crippen LogP contribution in [0.4, 0.5) is 0 Å². The Morgan fingerprint density at radius 3 is 1.43 bits per heavy atom. The zero-order valence-electron chi connectivity index (χ0n) is 23.4. The van der Waals surface area contributed by atoms with Gasteiger partial charge in [-0.2, -0.15) is 0 Å². The zero-order valence-corrected chi connectivity index (χ0v) is 23.4. The number of hydrogen-bond acceptors (Lipinski definition) is 6. The number of benzene rings is 4. The van der Waals surface area contributed by atoms with E-state index in [1.165, 1.54) is 0 Å². The Balaban J connectivity index is 1.61. The van der Waals surface area contributed by atoms with Crippen molar-refractivity contribution in [2.24, 2.45) is 5.11 Å². The highest BCUT2D eigenvalue weighted by Gasteiger charge is 2.37. The SMILES string of the molecule is [N-]=[N+]=N[C@@H](COCc1ccccc1)[C@@H](OCc1ccccc1)[C@H](OCc1ccccc1)[C@H](C=O)OCc1ccccc1. The molecule has 216 valence electrons. The van der Waals surface area contributed by atoms with Gasteiger partial charge in [-0.3, -0.25) is 0 Å². The van der Waals surface area contributed by atoms with E-state index in [9.17, 15) is 10.3 Å². The number of aldehydes is 1. The summed E-state index contributed by atoms with van der Waals surface area (Å²) in [4.78, 5) is 15.6. The Labute approximate surface area is 246 Å². The monoisotopic (exact) mass is 565 g/mol. The summed E-state index contributed by atoms with van der Waals surface area (Å²) >= 11 is 0. The van der Waals surface area contributed by atoms with E-state index < -0.39 is 24.4 Å². The number of nitrogens with zero attached hydrogens (tertiary/aromatic N) is 3. The third-order valence-corrected chi connectivity index (χ3v) is 6.62. The lowest BCUT2D eigenvalue weighted by Crippen LogP contribution is -2.50. The highest BCUT2D eigenvalue weighted by Crippen LogP contribution is 2.22. The Morgan fingerprint density at radius 1 is 0.595 bits per heavy atom. The summed E-state index contributed by atoms with van der Waals surface area (Å²) < 4.78 is 24.9. The molecule has 0 fully saturated rings. The Morgan fingerprint density at radius 2 is 1.00 bits per heavy atom. The van der Waals surface area contributed by atoms with Gasteiger partial charge in [0.25, 0.3) is 0 Å². The number of rotatable bonds is 18. The molecule has 0 aliphatic rings. The van der Waals surface area contributed by atoms with Crippen LogP contribution in [-0.4, -0.2) is 37.2 Å². The van der Waals surface area contributed by atoms with Gasteiger partial charge in [0.1, 0.15) is 12.2 Å². The van der Waals surface area contributed by atoms with Crippen LogP contribution in [0, 0.1) is 0 Å². The smallest absolute Gasteiger partial charge is 0.151 e. The molecule has 0 N–H and O–H groups in total. The molecule has 8 nitrogen and oxygen atoms in total. The van der Waals surface area contributed by atoms with E-state index in [1.54, 1.807) is 0 Å². The number of ether oxygens (including phenoxy) is 4. The highest BCUT2D eigenvalue weighted by molar-refractivity contribution is 5.57. The largest absolute Gasteiger partial charge is 0.376 e. The van der Waals surface area contributed by atoms with E-state index in [4.69, 9.17) is 18.9 Å². The molecule has 0 bridgehead atoms. The van der Waals surface area contributed by atoms with Gasteiger partial charge >= 0.3 is 0 Å². The van der Waals surface area contributed by atoms with Gasteiger partial charge in [0.05, 0.1) is 45.2 Å². The normalized spacial score (nSPS) is 13.8. The van der Waals surface area contributed by atoms with Gasteiger partial charge in [0.2, 0.25) is 0 Å². The molecule has 0 spiro atoms. The van der Waals surface area contributed by atoms with Crippen molar-refractivity contribution in [2.75, 3.05) is 6.61 Å². The van der Waals surface area contributed by atoms with Crippen LogP contribution in [0.25, 0.3) is 10.4 Å². The maximum atomic E-state index is 12.5. The molecule has 0 amide bonds. The van der Waals surface area contributed by atoms with Gasteiger partial charge in [-0.05, 0) is 27.8 Å². The second-order valence-corrected chi connectivity index (χ2v) is 9.69. The van der Waals surface area contributed by atoms with Crippen LogP contribution >= 0.6 is 0 Å². The summed E-state index contributed by atoms with van der Waals surface area (Å²) in [6.45, 7) is 0.965. The predicted molar refractivity (Wildman–Crippen MR) is 160 cm³/mol. The van der Waals surface area contributed by atoms with Gasteiger partial charge in [0.15, 0.2) is 6.29 Å². The Bertz CT molecular complexity index is 1350. The summed E-state index contributed by atoms with van der Waals surface area (Å²) in [5.41, 5.74) is 13.3. The molecule has 0 radical (unpaired) electrons. The average molecular weight is 566 g/mol. The first-order valence-electron chi connectivity index (χ1n) is 13.8. The van der Waals surface area contributed by atoms with Crippen LogP contribution in [0.15, 0.2) is 126 Å². The first kappa shape index (κ1) is 30.7. The molecule has 4 atom stereocenters. The maximum absolute atomic E-state index is 12.5. The summed E-state index contributed by atoms with van der Waals surface area (Å²) in [5.74, 6) is 0. The summed E-state index contributed by atoms with van der Waals surface area (Å²) in [6.07, 6.45) is -2.08. The molecule has 4 rings (SSSR count). The van der Waals surface area contributed by atoms with Gasteiger partial charge in [-0.15, -0.1) is 0 Å². The van der Waals surface area contributed by atoms with Crippen molar-refractivity contribution >= 4 is 6.29 Å². The lowest BCUT2D eigenvalue weighted by Gasteiger charge is -2.34. The van der Waals surface area contributed by atoms with E-state index >= 15 is 0 Å². The van der Waals surface area contributed by atoms with E-state index in [0.29, 0.717) is 6.61 Å². The minimum atomic E-state index is -1.01. The lowest BCUT2D eigenvalue weighted by molar-refractivity contribution is -0.165. The summed E-state index contributed by atoms with van der Waals surface area (Å²) in [6, 6.07) is 37.7. The molecule has 0 heterocycles. The van der Waals surface area contributed by atoms with Gasteiger partial charge < -0.3 is 23.7 Å². The summed E-state index contributed by atoms with van der Waals surface area (Å²) in [5, 5.41) is 4.06. The van der Waals surface area contributed by atoms with Crippen molar-refractivity contribution in [3.05, 3.63) is 154 Å². The van der Waals surface area contributed by atoms with E-state index in [-0.39, 0.29) is 26.4 Å². The average Bonchev–Trinajstić information content (AvgIpc) is 3.05. The van der Waals surface area contributed by atoms with Crippen molar-refractivity contribution < 1.29 is 23.7 Å². The van der Waals surface area contributed by atoms with E-state index in [2.05, 4.69) is 10.0 Å². The number of carbonyl (C=O) groups excluding carboxylic acids is 1. The molecule has 4 aromatic rings. The quantitative estimate of drug-likeness (QED) is 0.0569. The lowest BCUT2D eigenvalue weighted by atomic mass is 10.0.